The number of carboxylic acid groups (broad SMARTS) is 1. The van der Waals surface area contributed by atoms with E-state index in [0.717, 1.165) is 0 Å². The highest BCUT2D eigenvalue weighted by Crippen LogP contribution is 2.16. The molecule has 0 saturated carbocycles. The van der Waals surface area contributed by atoms with Crippen LogP contribution in [0.5, 0.6) is 0 Å². The molecule has 1 atom stereocenters. The van der Waals surface area contributed by atoms with Crippen LogP contribution in [0.2, 0.25) is 0 Å². The molecule has 0 aliphatic rings. The monoisotopic (exact) mass is 313 g/mol. The Balaban J connectivity index is 2.37. The molecule has 0 spiro atoms. The number of carbonyl (C=O) groups is 1. The van der Waals surface area contributed by atoms with Crippen molar-refractivity contribution in [1.82, 2.24) is 24.1 Å². The Hall–Kier alpha value is -2.20. The predicted molar refractivity (Wildman–Crippen MR) is 71.9 cm³/mol. The third kappa shape index (κ3) is 2.95. The Kier molecular flexibility index (Phi) is 3.83. The number of aromatic nitrogens is 4. The topological polar surface area (TPSA) is 119 Å². The van der Waals surface area contributed by atoms with E-state index in [9.17, 15) is 18.3 Å². The molecule has 2 rings (SSSR count). The van der Waals surface area contributed by atoms with Gasteiger partial charge in [0.15, 0.2) is 11.1 Å². The van der Waals surface area contributed by atoms with E-state index in [2.05, 4.69) is 14.8 Å². The second-order valence-corrected chi connectivity index (χ2v) is 6.17. The molecule has 2 N–H and O–H groups in total. The Morgan fingerprint density at radius 2 is 2.10 bits per heavy atom. The fraction of sp³-hybridized carbons (Fsp3) is 0.364. The standard InChI is InChI=1S/C11H15N5O4S/c1-7-13-9(6-15(7)2)21(19,20)14-10(11(17)18)8-4-5-12-16(8)3/h4-6,10,14H,1-3H3,(H,17,18). The molecule has 10 heteroatoms. The zero-order valence-corrected chi connectivity index (χ0v) is 12.5. The fourth-order valence-electron chi connectivity index (χ4n) is 1.78. The summed E-state index contributed by atoms with van der Waals surface area (Å²) < 4.78 is 29.4. The van der Waals surface area contributed by atoms with Crippen LogP contribution in [0, 0.1) is 6.92 Å². The Labute approximate surface area is 121 Å². The molecular weight excluding hydrogens is 298 g/mol. The number of aryl methyl sites for hydroxylation is 3. The van der Waals surface area contributed by atoms with Crippen LogP contribution < -0.4 is 4.72 Å². The van der Waals surface area contributed by atoms with Gasteiger partial charge in [-0.15, -0.1) is 0 Å². The van der Waals surface area contributed by atoms with Crippen LogP contribution in [-0.2, 0) is 28.9 Å². The van der Waals surface area contributed by atoms with Gasteiger partial charge >= 0.3 is 5.97 Å². The minimum absolute atomic E-state index is 0.221. The molecule has 0 saturated heterocycles. The average molecular weight is 313 g/mol. The van der Waals surface area contributed by atoms with Gasteiger partial charge in [0.2, 0.25) is 0 Å². The van der Waals surface area contributed by atoms with Gasteiger partial charge in [-0.05, 0) is 13.0 Å². The zero-order chi connectivity index (χ0) is 15.8. The van der Waals surface area contributed by atoms with Crippen LogP contribution >= 0.6 is 0 Å². The smallest absolute Gasteiger partial charge is 0.327 e. The van der Waals surface area contributed by atoms with Crippen molar-refractivity contribution in [3.63, 3.8) is 0 Å². The second-order valence-electron chi connectivity index (χ2n) is 4.51. The molecule has 114 valence electrons. The van der Waals surface area contributed by atoms with E-state index in [1.165, 1.54) is 34.8 Å². The molecule has 0 bridgehead atoms. The van der Waals surface area contributed by atoms with Crippen molar-refractivity contribution in [2.75, 3.05) is 0 Å². The molecule has 9 nitrogen and oxygen atoms in total. The first-order valence-electron chi connectivity index (χ1n) is 5.95. The van der Waals surface area contributed by atoms with Gasteiger partial charge in [-0.1, -0.05) is 0 Å². The molecule has 21 heavy (non-hydrogen) atoms. The normalized spacial score (nSPS) is 13.3. The lowest BCUT2D eigenvalue weighted by atomic mass is 10.2. The molecule has 0 aliphatic carbocycles. The summed E-state index contributed by atoms with van der Waals surface area (Å²) in [6.45, 7) is 1.65. The molecule has 0 aromatic carbocycles. The van der Waals surface area contributed by atoms with E-state index < -0.39 is 22.0 Å². The van der Waals surface area contributed by atoms with Crippen molar-refractivity contribution < 1.29 is 18.3 Å². The summed E-state index contributed by atoms with van der Waals surface area (Å²) in [4.78, 5) is 15.2. The molecule has 2 aromatic rings. The van der Waals surface area contributed by atoms with Gasteiger partial charge < -0.3 is 9.67 Å². The molecule has 2 heterocycles. The van der Waals surface area contributed by atoms with E-state index in [1.807, 2.05) is 0 Å². The number of rotatable bonds is 5. The third-order valence-corrected chi connectivity index (χ3v) is 4.33. The van der Waals surface area contributed by atoms with Crippen molar-refractivity contribution in [3.8, 4) is 0 Å². The summed E-state index contributed by atoms with van der Waals surface area (Å²) in [6.07, 6.45) is 2.71. The summed E-state index contributed by atoms with van der Waals surface area (Å²) in [5.74, 6) is -0.822. The van der Waals surface area contributed by atoms with Crippen molar-refractivity contribution >= 4 is 16.0 Å². The fourth-order valence-corrected chi connectivity index (χ4v) is 2.98. The van der Waals surface area contributed by atoms with E-state index >= 15 is 0 Å². The number of hydrogen-bond donors (Lipinski definition) is 2. The summed E-state index contributed by atoms with van der Waals surface area (Å²) in [5, 5.41) is 12.9. The first-order valence-corrected chi connectivity index (χ1v) is 7.43. The number of nitrogens with one attached hydrogen (secondary N) is 1. The molecule has 0 fully saturated rings. The first kappa shape index (κ1) is 15.2. The van der Waals surface area contributed by atoms with E-state index in [1.54, 1.807) is 14.0 Å². The Morgan fingerprint density at radius 3 is 2.52 bits per heavy atom. The van der Waals surface area contributed by atoms with E-state index in [0.29, 0.717) is 5.82 Å². The SMILES string of the molecule is Cc1nc(S(=O)(=O)NC(C(=O)O)c2ccnn2C)cn1C. The van der Waals surface area contributed by atoms with Gasteiger partial charge in [0.1, 0.15) is 5.82 Å². The van der Waals surface area contributed by atoms with Gasteiger partial charge in [-0.3, -0.25) is 9.48 Å². The lowest BCUT2D eigenvalue weighted by molar-refractivity contribution is -0.139. The largest absolute Gasteiger partial charge is 0.480 e. The van der Waals surface area contributed by atoms with Crippen LogP contribution in [0.1, 0.15) is 17.6 Å². The van der Waals surface area contributed by atoms with Crippen LogP contribution in [-0.4, -0.2) is 38.8 Å². The summed E-state index contributed by atoms with van der Waals surface area (Å²) >= 11 is 0. The van der Waals surface area contributed by atoms with Gasteiger partial charge in [0.05, 0.1) is 5.69 Å². The highest BCUT2D eigenvalue weighted by molar-refractivity contribution is 7.89. The van der Waals surface area contributed by atoms with Crippen molar-refractivity contribution in [3.05, 3.63) is 30.0 Å². The molecule has 1 unspecified atom stereocenters. The van der Waals surface area contributed by atoms with Crippen LogP contribution in [0.25, 0.3) is 0 Å². The Morgan fingerprint density at radius 1 is 1.43 bits per heavy atom. The van der Waals surface area contributed by atoms with Gasteiger partial charge in [-0.25, -0.2) is 13.4 Å². The van der Waals surface area contributed by atoms with E-state index in [4.69, 9.17) is 0 Å². The van der Waals surface area contributed by atoms with Crippen LogP contribution in [0.3, 0.4) is 0 Å². The maximum atomic E-state index is 12.2. The quantitative estimate of drug-likeness (QED) is 0.773. The summed E-state index contributed by atoms with van der Waals surface area (Å²) in [5.41, 5.74) is 0.221. The number of aliphatic carboxylic acids is 1. The minimum atomic E-state index is -4.05. The maximum Gasteiger partial charge on any atom is 0.327 e. The number of carboxylic acids is 1. The minimum Gasteiger partial charge on any atom is -0.480 e. The van der Waals surface area contributed by atoms with Gasteiger partial charge in [0, 0.05) is 26.5 Å². The predicted octanol–water partition coefficient (Wildman–Crippen LogP) is -0.434. The lowest BCUT2D eigenvalue weighted by Gasteiger charge is -2.14. The number of imidazole rings is 1. The van der Waals surface area contributed by atoms with Gasteiger partial charge in [-0.2, -0.15) is 9.82 Å². The van der Waals surface area contributed by atoms with Crippen LogP contribution in [0.15, 0.2) is 23.5 Å². The molecular formula is C11H15N5O4S. The highest BCUT2D eigenvalue weighted by Gasteiger charge is 2.30. The van der Waals surface area contributed by atoms with Crippen molar-refractivity contribution in [2.45, 2.75) is 18.0 Å². The number of sulfonamides is 1. The van der Waals surface area contributed by atoms with Gasteiger partial charge in [0.25, 0.3) is 10.0 Å². The van der Waals surface area contributed by atoms with Crippen molar-refractivity contribution in [2.24, 2.45) is 14.1 Å². The molecule has 2 aromatic heterocycles. The van der Waals surface area contributed by atoms with Crippen molar-refractivity contribution in [1.29, 1.82) is 0 Å². The number of hydrogen-bond acceptors (Lipinski definition) is 5. The van der Waals surface area contributed by atoms with Crippen LogP contribution in [0.4, 0.5) is 0 Å². The highest BCUT2D eigenvalue weighted by atomic mass is 32.2. The first-order chi connectivity index (χ1) is 9.72. The number of nitrogens with zero attached hydrogens (tertiary/aromatic N) is 4. The Bertz CT molecular complexity index is 757. The lowest BCUT2D eigenvalue weighted by Crippen LogP contribution is -2.35. The zero-order valence-electron chi connectivity index (χ0n) is 11.7. The summed E-state index contributed by atoms with van der Waals surface area (Å²) in [6, 6.07) is -0.00449. The average Bonchev–Trinajstić information content (AvgIpc) is 2.94. The molecule has 0 radical (unpaired) electrons. The molecule has 0 aliphatic heterocycles. The second kappa shape index (κ2) is 5.30. The summed E-state index contributed by atoms with van der Waals surface area (Å²) in [7, 11) is -0.871. The maximum absolute atomic E-state index is 12.2. The van der Waals surface area contributed by atoms with E-state index in [-0.39, 0.29) is 10.7 Å². The third-order valence-electron chi connectivity index (χ3n) is 3.04. The molecule has 0 amide bonds.